The summed E-state index contributed by atoms with van der Waals surface area (Å²) in [5.74, 6) is 0. The number of likely N-dealkylation sites (tertiary alicyclic amines) is 1. The minimum Gasteiger partial charge on any atom is -0.397 e. The molecular weight excluding hydrogens is 202 g/mol. The number of para-hydroxylation sites is 1. The molecule has 1 heterocycles. The summed E-state index contributed by atoms with van der Waals surface area (Å²) in [5.41, 5.74) is 8.18. The van der Waals surface area contributed by atoms with E-state index >= 15 is 0 Å². The number of amides is 2. The highest BCUT2D eigenvalue weighted by Crippen LogP contribution is 2.23. The van der Waals surface area contributed by atoms with Gasteiger partial charge in [0.15, 0.2) is 0 Å². The Balaban J connectivity index is 2.11. The maximum Gasteiger partial charge on any atom is 0.321 e. The lowest BCUT2D eigenvalue weighted by molar-refractivity contribution is 0.222. The van der Waals surface area contributed by atoms with Crippen molar-refractivity contribution in [3.8, 4) is 0 Å². The predicted octanol–water partition coefficient (Wildman–Crippen LogP) is 2.20. The van der Waals surface area contributed by atoms with Crippen LogP contribution in [0.25, 0.3) is 0 Å². The second-order valence-electron chi connectivity index (χ2n) is 4.16. The van der Waals surface area contributed by atoms with Gasteiger partial charge in [-0.15, -0.1) is 0 Å². The Morgan fingerprint density at radius 3 is 2.69 bits per heavy atom. The zero-order chi connectivity index (χ0) is 11.5. The van der Waals surface area contributed by atoms with E-state index in [2.05, 4.69) is 5.32 Å². The van der Waals surface area contributed by atoms with Crippen LogP contribution in [0.3, 0.4) is 0 Å². The molecule has 3 N–H and O–H groups in total. The highest BCUT2D eigenvalue weighted by molar-refractivity contribution is 5.93. The van der Waals surface area contributed by atoms with Crippen LogP contribution in [0.2, 0.25) is 0 Å². The van der Waals surface area contributed by atoms with Crippen LogP contribution >= 0.6 is 0 Å². The van der Waals surface area contributed by atoms with Gasteiger partial charge >= 0.3 is 6.03 Å². The molecule has 86 valence electrons. The number of aryl methyl sites for hydroxylation is 1. The second kappa shape index (κ2) is 4.43. The Morgan fingerprint density at radius 1 is 1.38 bits per heavy atom. The van der Waals surface area contributed by atoms with Gasteiger partial charge in [-0.1, -0.05) is 12.1 Å². The van der Waals surface area contributed by atoms with E-state index < -0.39 is 0 Å². The van der Waals surface area contributed by atoms with E-state index in [0.29, 0.717) is 5.69 Å². The molecule has 4 nitrogen and oxygen atoms in total. The van der Waals surface area contributed by atoms with E-state index in [0.717, 1.165) is 37.2 Å². The molecule has 16 heavy (non-hydrogen) atoms. The van der Waals surface area contributed by atoms with Crippen molar-refractivity contribution in [2.75, 3.05) is 24.1 Å². The Kier molecular flexibility index (Phi) is 2.99. The number of rotatable bonds is 1. The number of nitrogens with zero attached hydrogens (tertiary/aromatic N) is 1. The average Bonchev–Trinajstić information content (AvgIpc) is 2.76. The zero-order valence-electron chi connectivity index (χ0n) is 9.49. The van der Waals surface area contributed by atoms with Gasteiger partial charge in [0.2, 0.25) is 0 Å². The van der Waals surface area contributed by atoms with E-state index in [4.69, 9.17) is 5.73 Å². The van der Waals surface area contributed by atoms with Gasteiger partial charge in [-0.25, -0.2) is 4.79 Å². The molecule has 2 rings (SSSR count). The number of hydrogen-bond donors (Lipinski definition) is 2. The predicted molar refractivity (Wildman–Crippen MR) is 65.4 cm³/mol. The van der Waals surface area contributed by atoms with Crippen molar-refractivity contribution in [1.29, 1.82) is 0 Å². The molecule has 1 fully saturated rings. The lowest BCUT2D eigenvalue weighted by atomic mass is 10.2. The Hall–Kier alpha value is -1.71. The number of nitrogens with one attached hydrogen (secondary N) is 1. The van der Waals surface area contributed by atoms with Crippen molar-refractivity contribution in [1.82, 2.24) is 4.90 Å². The molecule has 0 spiro atoms. The molecule has 1 aliphatic rings. The van der Waals surface area contributed by atoms with Crippen LogP contribution in [-0.2, 0) is 0 Å². The molecule has 0 radical (unpaired) electrons. The highest BCUT2D eigenvalue weighted by atomic mass is 16.2. The summed E-state index contributed by atoms with van der Waals surface area (Å²) in [6.45, 7) is 3.63. The van der Waals surface area contributed by atoms with Crippen molar-refractivity contribution < 1.29 is 4.79 Å². The summed E-state index contributed by atoms with van der Waals surface area (Å²) in [4.78, 5) is 13.7. The number of carbonyl (C=O) groups is 1. The monoisotopic (exact) mass is 219 g/mol. The lowest BCUT2D eigenvalue weighted by Crippen LogP contribution is -2.32. The minimum atomic E-state index is -0.0431. The number of benzene rings is 1. The summed E-state index contributed by atoms with van der Waals surface area (Å²) in [7, 11) is 0. The fourth-order valence-corrected chi connectivity index (χ4v) is 1.97. The van der Waals surface area contributed by atoms with Crippen LogP contribution in [-0.4, -0.2) is 24.0 Å². The molecule has 2 amide bonds. The van der Waals surface area contributed by atoms with Crippen LogP contribution in [0.15, 0.2) is 18.2 Å². The van der Waals surface area contributed by atoms with Crippen LogP contribution in [0.5, 0.6) is 0 Å². The third kappa shape index (κ3) is 2.10. The first kappa shape index (κ1) is 10.8. The number of anilines is 2. The van der Waals surface area contributed by atoms with Gasteiger partial charge in [0, 0.05) is 13.1 Å². The third-order valence-electron chi connectivity index (χ3n) is 2.93. The third-order valence-corrected chi connectivity index (χ3v) is 2.93. The van der Waals surface area contributed by atoms with Crippen molar-refractivity contribution in [3.63, 3.8) is 0 Å². The molecule has 0 atom stereocenters. The minimum absolute atomic E-state index is 0.0431. The number of urea groups is 1. The van der Waals surface area contributed by atoms with Gasteiger partial charge in [0.25, 0.3) is 0 Å². The average molecular weight is 219 g/mol. The molecule has 0 unspecified atom stereocenters. The molecule has 4 heteroatoms. The van der Waals surface area contributed by atoms with Gasteiger partial charge < -0.3 is 16.0 Å². The number of nitrogens with two attached hydrogens (primary N) is 1. The topological polar surface area (TPSA) is 58.4 Å². The van der Waals surface area contributed by atoms with E-state index in [1.807, 2.05) is 24.0 Å². The first-order valence-corrected chi connectivity index (χ1v) is 5.59. The molecule has 0 aromatic heterocycles. The number of carbonyl (C=O) groups excluding carboxylic acids is 1. The SMILES string of the molecule is Cc1cccc(N)c1NC(=O)N1CCCC1. The van der Waals surface area contributed by atoms with Crippen molar-refractivity contribution in [2.45, 2.75) is 19.8 Å². The quantitative estimate of drug-likeness (QED) is 0.711. The van der Waals surface area contributed by atoms with Gasteiger partial charge in [-0.3, -0.25) is 0 Å². The highest BCUT2D eigenvalue weighted by Gasteiger charge is 2.18. The van der Waals surface area contributed by atoms with E-state index in [9.17, 15) is 4.79 Å². The summed E-state index contributed by atoms with van der Waals surface area (Å²) in [6.07, 6.45) is 2.19. The molecular formula is C12H17N3O. The first-order chi connectivity index (χ1) is 7.68. The van der Waals surface area contributed by atoms with Crippen molar-refractivity contribution >= 4 is 17.4 Å². The van der Waals surface area contributed by atoms with E-state index in [1.165, 1.54) is 0 Å². The maximum absolute atomic E-state index is 11.9. The first-order valence-electron chi connectivity index (χ1n) is 5.59. The smallest absolute Gasteiger partial charge is 0.321 e. The molecule has 1 aromatic rings. The van der Waals surface area contributed by atoms with Crippen LogP contribution < -0.4 is 11.1 Å². The van der Waals surface area contributed by atoms with E-state index in [1.54, 1.807) is 6.07 Å². The number of nitrogen functional groups attached to an aromatic ring is 1. The van der Waals surface area contributed by atoms with Gasteiger partial charge in [0.1, 0.15) is 0 Å². The Labute approximate surface area is 95.4 Å². The molecule has 1 aliphatic heterocycles. The second-order valence-corrected chi connectivity index (χ2v) is 4.16. The van der Waals surface area contributed by atoms with E-state index in [-0.39, 0.29) is 6.03 Å². The van der Waals surface area contributed by atoms with Gasteiger partial charge in [-0.05, 0) is 31.4 Å². The van der Waals surface area contributed by atoms with Gasteiger partial charge in [0.05, 0.1) is 11.4 Å². The Morgan fingerprint density at radius 2 is 2.06 bits per heavy atom. The van der Waals surface area contributed by atoms with Crippen molar-refractivity contribution in [2.24, 2.45) is 0 Å². The lowest BCUT2D eigenvalue weighted by Gasteiger charge is -2.18. The summed E-state index contributed by atoms with van der Waals surface area (Å²) < 4.78 is 0. The molecule has 0 aliphatic carbocycles. The molecule has 0 bridgehead atoms. The molecule has 1 saturated heterocycles. The molecule has 0 saturated carbocycles. The summed E-state index contributed by atoms with van der Waals surface area (Å²) in [6, 6.07) is 5.58. The summed E-state index contributed by atoms with van der Waals surface area (Å²) >= 11 is 0. The van der Waals surface area contributed by atoms with Gasteiger partial charge in [-0.2, -0.15) is 0 Å². The van der Waals surface area contributed by atoms with Crippen LogP contribution in [0, 0.1) is 6.92 Å². The Bertz CT molecular complexity index is 377. The number of hydrogen-bond acceptors (Lipinski definition) is 2. The van der Waals surface area contributed by atoms with Crippen molar-refractivity contribution in [3.05, 3.63) is 23.8 Å². The fourth-order valence-electron chi connectivity index (χ4n) is 1.97. The molecule has 1 aromatic carbocycles. The van der Waals surface area contributed by atoms with Crippen LogP contribution in [0.4, 0.5) is 16.2 Å². The standard InChI is InChI=1S/C12H17N3O/c1-9-5-4-6-10(13)11(9)14-12(16)15-7-2-3-8-15/h4-6H,2-3,7-8,13H2,1H3,(H,14,16). The normalized spacial score (nSPS) is 15.2. The zero-order valence-corrected chi connectivity index (χ0v) is 9.49. The fraction of sp³-hybridized carbons (Fsp3) is 0.417. The van der Waals surface area contributed by atoms with Crippen LogP contribution in [0.1, 0.15) is 18.4 Å². The maximum atomic E-state index is 11.9. The largest absolute Gasteiger partial charge is 0.397 e. The summed E-state index contributed by atoms with van der Waals surface area (Å²) in [5, 5.41) is 2.88.